The predicted octanol–water partition coefficient (Wildman–Crippen LogP) is 1.54. The Morgan fingerprint density at radius 3 is 2.90 bits per heavy atom. The summed E-state index contributed by atoms with van der Waals surface area (Å²) in [6.45, 7) is 2.46. The molecule has 1 aliphatic rings. The second kappa shape index (κ2) is 7.65. The smallest absolute Gasteiger partial charge is 0.237 e. The number of carbonyl (C=O) groups excluding carboxylic acids is 1. The molecule has 1 unspecified atom stereocenters. The Morgan fingerprint density at radius 2 is 2.24 bits per heavy atom. The van der Waals surface area contributed by atoms with Gasteiger partial charge in [-0.1, -0.05) is 0 Å². The van der Waals surface area contributed by atoms with E-state index in [9.17, 15) is 4.79 Å². The second-order valence-corrected chi connectivity index (χ2v) is 5.15. The van der Waals surface area contributed by atoms with Gasteiger partial charge in [0.2, 0.25) is 5.91 Å². The first-order chi connectivity index (χ1) is 10.2. The maximum absolute atomic E-state index is 11.7. The number of nitriles is 1. The molecule has 1 N–H and O–H groups in total. The van der Waals surface area contributed by atoms with Gasteiger partial charge in [-0.3, -0.25) is 9.69 Å². The summed E-state index contributed by atoms with van der Waals surface area (Å²) >= 11 is 0. The third kappa shape index (κ3) is 4.20. The number of likely N-dealkylation sites (tertiary alicyclic amines) is 1. The van der Waals surface area contributed by atoms with Crippen molar-refractivity contribution < 1.29 is 9.53 Å². The molecule has 1 heterocycles. The molecule has 0 radical (unpaired) electrons. The van der Waals surface area contributed by atoms with Crippen molar-refractivity contribution in [3.05, 3.63) is 29.8 Å². The molecule has 1 aliphatic heterocycles. The highest BCUT2D eigenvalue weighted by atomic mass is 16.5. The molecule has 1 fully saturated rings. The summed E-state index contributed by atoms with van der Waals surface area (Å²) in [5.74, 6) is 0.888. The van der Waals surface area contributed by atoms with E-state index in [0.29, 0.717) is 12.2 Å². The van der Waals surface area contributed by atoms with Crippen molar-refractivity contribution in [2.45, 2.75) is 25.3 Å². The average molecular weight is 287 g/mol. The minimum absolute atomic E-state index is 0.0184. The van der Waals surface area contributed by atoms with Gasteiger partial charge in [0.1, 0.15) is 5.75 Å². The van der Waals surface area contributed by atoms with Gasteiger partial charge in [-0.05, 0) is 50.1 Å². The molecule has 5 nitrogen and oxygen atoms in total. The quantitative estimate of drug-likeness (QED) is 0.806. The first-order valence-electron chi connectivity index (χ1n) is 7.33. The normalized spacial score (nSPS) is 18.2. The summed E-state index contributed by atoms with van der Waals surface area (Å²) in [5, 5.41) is 11.5. The number of hydrogen-bond donors (Lipinski definition) is 1. The van der Waals surface area contributed by atoms with Gasteiger partial charge < -0.3 is 10.1 Å². The van der Waals surface area contributed by atoms with Crippen LogP contribution in [0, 0.1) is 11.3 Å². The van der Waals surface area contributed by atoms with Gasteiger partial charge in [0.25, 0.3) is 0 Å². The van der Waals surface area contributed by atoms with Gasteiger partial charge in [0.15, 0.2) is 0 Å². The number of ether oxygens (including phenoxy) is 1. The molecule has 21 heavy (non-hydrogen) atoms. The van der Waals surface area contributed by atoms with Crippen LogP contribution in [0.15, 0.2) is 24.3 Å². The zero-order chi connectivity index (χ0) is 15.1. The topological polar surface area (TPSA) is 65.4 Å². The van der Waals surface area contributed by atoms with E-state index in [4.69, 9.17) is 10.00 Å². The molecule has 2 rings (SSSR count). The molecular formula is C16H21N3O2. The van der Waals surface area contributed by atoms with Crippen molar-refractivity contribution in [3.63, 3.8) is 0 Å². The first kappa shape index (κ1) is 15.3. The number of likely N-dealkylation sites (N-methyl/N-ethyl adjacent to an activating group) is 1. The summed E-state index contributed by atoms with van der Waals surface area (Å²) in [7, 11) is 1.69. The molecule has 1 aromatic rings. The molecule has 5 heteroatoms. The Hall–Kier alpha value is -2.06. The summed E-state index contributed by atoms with van der Waals surface area (Å²) < 4.78 is 5.65. The van der Waals surface area contributed by atoms with Crippen LogP contribution in [0.3, 0.4) is 0 Å². The van der Waals surface area contributed by atoms with Crippen LogP contribution in [0.2, 0.25) is 0 Å². The van der Waals surface area contributed by atoms with Crippen LogP contribution in [0.5, 0.6) is 5.75 Å². The van der Waals surface area contributed by atoms with E-state index in [1.807, 2.05) is 12.1 Å². The number of benzene rings is 1. The lowest BCUT2D eigenvalue weighted by atomic mass is 10.2. The van der Waals surface area contributed by atoms with Crippen LogP contribution in [-0.4, -0.2) is 43.6 Å². The molecule has 1 amide bonds. The number of hydrogen-bond acceptors (Lipinski definition) is 4. The van der Waals surface area contributed by atoms with Gasteiger partial charge in [-0.25, -0.2) is 0 Å². The third-order valence-corrected chi connectivity index (χ3v) is 3.75. The number of carbonyl (C=O) groups is 1. The van der Waals surface area contributed by atoms with Crippen LogP contribution >= 0.6 is 0 Å². The van der Waals surface area contributed by atoms with Gasteiger partial charge >= 0.3 is 0 Å². The van der Waals surface area contributed by atoms with Crippen molar-refractivity contribution in [1.29, 1.82) is 5.26 Å². The largest absolute Gasteiger partial charge is 0.494 e. The number of nitrogens with one attached hydrogen (secondary N) is 1. The summed E-state index contributed by atoms with van der Waals surface area (Å²) in [4.78, 5) is 14.0. The fourth-order valence-electron chi connectivity index (χ4n) is 2.64. The van der Waals surface area contributed by atoms with Crippen molar-refractivity contribution in [1.82, 2.24) is 10.2 Å². The first-order valence-corrected chi connectivity index (χ1v) is 7.33. The Kier molecular flexibility index (Phi) is 5.59. The number of nitrogens with zero attached hydrogens (tertiary/aromatic N) is 2. The lowest BCUT2D eigenvalue weighted by molar-refractivity contribution is -0.125. The van der Waals surface area contributed by atoms with E-state index in [1.54, 1.807) is 19.2 Å². The van der Waals surface area contributed by atoms with Crippen LogP contribution in [0.1, 0.15) is 24.8 Å². The second-order valence-electron chi connectivity index (χ2n) is 5.15. The molecule has 0 aliphatic carbocycles. The zero-order valence-corrected chi connectivity index (χ0v) is 12.3. The van der Waals surface area contributed by atoms with Gasteiger partial charge in [0, 0.05) is 13.6 Å². The lowest BCUT2D eigenvalue weighted by Gasteiger charge is -2.22. The van der Waals surface area contributed by atoms with E-state index < -0.39 is 0 Å². The van der Waals surface area contributed by atoms with Crippen molar-refractivity contribution >= 4 is 5.91 Å². The van der Waals surface area contributed by atoms with Gasteiger partial charge in [-0.2, -0.15) is 5.26 Å². The lowest BCUT2D eigenvalue weighted by Crippen LogP contribution is -2.42. The Bertz CT molecular complexity index is 507. The van der Waals surface area contributed by atoms with Crippen molar-refractivity contribution in [2.75, 3.05) is 26.7 Å². The van der Waals surface area contributed by atoms with Crippen LogP contribution in [0.4, 0.5) is 0 Å². The fourth-order valence-corrected chi connectivity index (χ4v) is 2.64. The Balaban J connectivity index is 1.71. The molecule has 0 aromatic heterocycles. The van der Waals surface area contributed by atoms with E-state index in [2.05, 4.69) is 16.3 Å². The standard InChI is InChI=1S/C16H21N3O2/c1-18-16(20)15-4-2-9-19(15)10-3-11-21-14-7-5-13(12-17)6-8-14/h5-8,15H,2-4,9-11H2,1H3,(H,18,20). The molecule has 0 saturated carbocycles. The fraction of sp³-hybridized carbons (Fsp3) is 0.500. The summed E-state index contributed by atoms with van der Waals surface area (Å²) in [6.07, 6.45) is 2.90. The van der Waals surface area contributed by atoms with Crippen LogP contribution < -0.4 is 10.1 Å². The summed E-state index contributed by atoms with van der Waals surface area (Å²) in [5.41, 5.74) is 0.632. The highest BCUT2D eigenvalue weighted by Crippen LogP contribution is 2.18. The maximum Gasteiger partial charge on any atom is 0.237 e. The molecule has 1 aromatic carbocycles. The van der Waals surface area contributed by atoms with Crippen LogP contribution in [0.25, 0.3) is 0 Å². The van der Waals surface area contributed by atoms with Gasteiger partial charge in [-0.15, -0.1) is 0 Å². The minimum Gasteiger partial charge on any atom is -0.494 e. The number of rotatable bonds is 6. The average Bonchev–Trinajstić information content (AvgIpc) is 3.00. The van der Waals surface area contributed by atoms with E-state index >= 15 is 0 Å². The Morgan fingerprint density at radius 1 is 1.48 bits per heavy atom. The summed E-state index contributed by atoms with van der Waals surface area (Å²) in [6, 6.07) is 9.21. The Labute approximate surface area is 125 Å². The molecule has 112 valence electrons. The number of amides is 1. The maximum atomic E-state index is 11.7. The van der Waals surface area contributed by atoms with Crippen molar-refractivity contribution in [2.24, 2.45) is 0 Å². The monoisotopic (exact) mass is 287 g/mol. The van der Waals surface area contributed by atoms with Crippen LogP contribution in [-0.2, 0) is 4.79 Å². The molecule has 1 saturated heterocycles. The highest BCUT2D eigenvalue weighted by Gasteiger charge is 2.29. The SMILES string of the molecule is CNC(=O)C1CCCN1CCCOc1ccc(C#N)cc1. The highest BCUT2D eigenvalue weighted by molar-refractivity contribution is 5.81. The van der Waals surface area contributed by atoms with E-state index in [1.165, 1.54) is 0 Å². The van der Waals surface area contributed by atoms with E-state index in [-0.39, 0.29) is 11.9 Å². The third-order valence-electron chi connectivity index (χ3n) is 3.75. The predicted molar refractivity (Wildman–Crippen MR) is 79.9 cm³/mol. The molecular weight excluding hydrogens is 266 g/mol. The van der Waals surface area contributed by atoms with Crippen molar-refractivity contribution in [3.8, 4) is 11.8 Å². The van der Waals surface area contributed by atoms with Gasteiger partial charge in [0.05, 0.1) is 24.3 Å². The minimum atomic E-state index is 0.0184. The molecule has 0 spiro atoms. The molecule has 1 atom stereocenters. The van der Waals surface area contributed by atoms with E-state index in [0.717, 1.165) is 38.1 Å². The zero-order valence-electron chi connectivity index (χ0n) is 12.3. The molecule has 0 bridgehead atoms.